The Morgan fingerprint density at radius 2 is 2.05 bits per heavy atom. The molecule has 0 saturated carbocycles. The van der Waals surface area contributed by atoms with Crippen LogP contribution in [0.1, 0.15) is 10.5 Å². The van der Waals surface area contributed by atoms with Gasteiger partial charge in [-0.1, -0.05) is 28.4 Å². The van der Waals surface area contributed by atoms with E-state index in [1.54, 1.807) is 0 Å². The minimum absolute atomic E-state index is 0.0442. The average Bonchev–Trinajstić information content (AvgIpc) is 2.83. The van der Waals surface area contributed by atoms with Crippen molar-refractivity contribution in [2.75, 3.05) is 11.9 Å². The molecule has 100 valence electrons. The summed E-state index contributed by atoms with van der Waals surface area (Å²) < 4.78 is 1.46. The molecule has 2 aromatic heterocycles. The van der Waals surface area contributed by atoms with E-state index in [4.69, 9.17) is 28.9 Å². The maximum atomic E-state index is 11.9. The normalized spacial score (nSPS) is 10.5. The van der Waals surface area contributed by atoms with E-state index in [-0.39, 0.29) is 21.7 Å². The number of anilines is 1. The molecule has 19 heavy (non-hydrogen) atoms. The number of hydrogen-bond donors (Lipinski definition) is 2. The molecule has 0 fully saturated rings. The van der Waals surface area contributed by atoms with Crippen LogP contribution in [0, 0.1) is 0 Å². The smallest absolute Gasteiger partial charge is 0.278 e. The fourth-order valence-electron chi connectivity index (χ4n) is 1.27. The molecule has 0 spiro atoms. The zero-order valence-corrected chi connectivity index (χ0v) is 11.1. The highest BCUT2D eigenvalue weighted by atomic mass is 35.5. The molecule has 10 heteroatoms. The Balaban J connectivity index is 2.16. The lowest BCUT2D eigenvalue weighted by Crippen LogP contribution is -2.14. The van der Waals surface area contributed by atoms with Crippen molar-refractivity contribution < 1.29 is 4.79 Å². The minimum Gasteiger partial charge on any atom is -0.329 e. The first-order valence-corrected chi connectivity index (χ1v) is 5.95. The summed E-state index contributed by atoms with van der Waals surface area (Å²) in [5.41, 5.74) is 5.61. The van der Waals surface area contributed by atoms with Crippen LogP contribution in [0.5, 0.6) is 0 Å². The Bertz CT molecular complexity index is 580. The Morgan fingerprint density at radius 1 is 1.37 bits per heavy atom. The van der Waals surface area contributed by atoms with Crippen molar-refractivity contribution in [3.8, 4) is 0 Å². The van der Waals surface area contributed by atoms with Gasteiger partial charge in [0.2, 0.25) is 0 Å². The van der Waals surface area contributed by atoms with Crippen LogP contribution in [-0.2, 0) is 6.54 Å². The molecular weight excluding hydrogens is 293 g/mol. The molecule has 0 bridgehead atoms. The van der Waals surface area contributed by atoms with Gasteiger partial charge < -0.3 is 11.1 Å². The zero-order chi connectivity index (χ0) is 13.8. The van der Waals surface area contributed by atoms with Gasteiger partial charge in [0.25, 0.3) is 5.91 Å². The molecule has 0 aliphatic rings. The predicted molar refractivity (Wildman–Crippen MR) is 69.1 cm³/mol. The Hall–Kier alpha value is -1.77. The molecule has 0 unspecified atom stereocenters. The molecule has 0 radical (unpaired) electrons. The van der Waals surface area contributed by atoms with Gasteiger partial charge in [-0.3, -0.25) is 9.48 Å². The van der Waals surface area contributed by atoms with Crippen LogP contribution in [0.4, 0.5) is 5.69 Å². The van der Waals surface area contributed by atoms with E-state index < -0.39 is 5.91 Å². The first-order chi connectivity index (χ1) is 9.11. The largest absolute Gasteiger partial charge is 0.329 e. The molecular formula is C9H9Cl2N7O. The molecule has 0 aliphatic carbocycles. The molecule has 2 rings (SSSR count). The number of nitrogens with zero attached hydrogens (tertiary/aromatic N) is 5. The lowest BCUT2D eigenvalue weighted by atomic mass is 10.4. The van der Waals surface area contributed by atoms with Crippen molar-refractivity contribution in [1.82, 2.24) is 25.0 Å². The lowest BCUT2D eigenvalue weighted by molar-refractivity contribution is 0.102. The molecule has 8 nitrogen and oxygen atoms in total. The summed E-state index contributed by atoms with van der Waals surface area (Å²) in [6.07, 6.45) is 2.66. The van der Waals surface area contributed by atoms with Crippen molar-refractivity contribution in [3.63, 3.8) is 0 Å². The highest BCUT2D eigenvalue weighted by molar-refractivity contribution is 6.38. The summed E-state index contributed by atoms with van der Waals surface area (Å²) in [6.45, 7) is 0.866. The molecule has 2 heterocycles. The van der Waals surface area contributed by atoms with Gasteiger partial charge in [-0.05, 0) is 0 Å². The lowest BCUT2D eigenvalue weighted by Gasteiger charge is -2.05. The SMILES string of the molecule is NCCn1cc(C(=O)Nc2c(Cl)ncnc2Cl)nn1. The number of aromatic nitrogens is 5. The third-order valence-corrected chi connectivity index (χ3v) is 2.70. The predicted octanol–water partition coefficient (Wildman–Crippen LogP) is 0.586. The number of carbonyl (C=O) groups is 1. The average molecular weight is 302 g/mol. The number of nitrogens with two attached hydrogens (primary N) is 1. The maximum absolute atomic E-state index is 11.9. The van der Waals surface area contributed by atoms with E-state index in [0.29, 0.717) is 13.1 Å². The minimum atomic E-state index is -0.512. The number of amides is 1. The van der Waals surface area contributed by atoms with Gasteiger partial charge >= 0.3 is 0 Å². The molecule has 0 atom stereocenters. The van der Waals surface area contributed by atoms with Crippen LogP contribution in [0.3, 0.4) is 0 Å². The molecule has 0 aliphatic heterocycles. The van der Waals surface area contributed by atoms with E-state index in [0.717, 1.165) is 0 Å². The third kappa shape index (κ3) is 3.16. The molecule has 2 aromatic rings. The van der Waals surface area contributed by atoms with Crippen molar-refractivity contribution in [3.05, 3.63) is 28.5 Å². The van der Waals surface area contributed by atoms with E-state index in [1.807, 2.05) is 0 Å². The van der Waals surface area contributed by atoms with Crippen LogP contribution in [0.15, 0.2) is 12.5 Å². The summed E-state index contributed by atoms with van der Waals surface area (Å²) in [7, 11) is 0. The summed E-state index contributed by atoms with van der Waals surface area (Å²) >= 11 is 11.6. The van der Waals surface area contributed by atoms with Crippen LogP contribution in [-0.4, -0.2) is 37.4 Å². The second-order valence-electron chi connectivity index (χ2n) is 3.44. The van der Waals surface area contributed by atoms with Crippen molar-refractivity contribution >= 4 is 34.8 Å². The van der Waals surface area contributed by atoms with Crippen LogP contribution in [0.2, 0.25) is 10.3 Å². The monoisotopic (exact) mass is 301 g/mol. The fraction of sp³-hybridized carbons (Fsp3) is 0.222. The Labute approximate surface area is 117 Å². The molecule has 0 aromatic carbocycles. The number of rotatable bonds is 4. The van der Waals surface area contributed by atoms with E-state index in [9.17, 15) is 4.79 Å². The van der Waals surface area contributed by atoms with E-state index in [1.165, 1.54) is 17.2 Å². The zero-order valence-electron chi connectivity index (χ0n) is 9.55. The maximum Gasteiger partial charge on any atom is 0.278 e. The van der Waals surface area contributed by atoms with Crippen molar-refractivity contribution in [2.24, 2.45) is 5.73 Å². The van der Waals surface area contributed by atoms with Gasteiger partial charge in [0.15, 0.2) is 16.0 Å². The fourth-order valence-corrected chi connectivity index (χ4v) is 1.68. The highest BCUT2D eigenvalue weighted by Gasteiger charge is 2.15. The van der Waals surface area contributed by atoms with E-state index in [2.05, 4.69) is 25.6 Å². The summed E-state index contributed by atoms with van der Waals surface area (Å²) in [5.74, 6) is -0.512. The van der Waals surface area contributed by atoms with Crippen molar-refractivity contribution in [2.45, 2.75) is 6.54 Å². The summed E-state index contributed by atoms with van der Waals surface area (Å²) in [5, 5.41) is 10.0. The summed E-state index contributed by atoms with van der Waals surface area (Å²) in [4.78, 5) is 19.3. The van der Waals surface area contributed by atoms with Crippen LogP contribution >= 0.6 is 23.2 Å². The Morgan fingerprint density at radius 3 is 2.68 bits per heavy atom. The van der Waals surface area contributed by atoms with Crippen LogP contribution in [0.25, 0.3) is 0 Å². The summed E-state index contributed by atoms with van der Waals surface area (Å²) in [6, 6.07) is 0. The second-order valence-corrected chi connectivity index (χ2v) is 4.16. The number of hydrogen-bond acceptors (Lipinski definition) is 6. The third-order valence-electron chi connectivity index (χ3n) is 2.12. The van der Waals surface area contributed by atoms with Gasteiger partial charge in [0.1, 0.15) is 12.0 Å². The quantitative estimate of drug-likeness (QED) is 0.799. The topological polar surface area (TPSA) is 112 Å². The van der Waals surface area contributed by atoms with Gasteiger partial charge in [-0.25, -0.2) is 9.97 Å². The number of halogens is 2. The van der Waals surface area contributed by atoms with Gasteiger partial charge in [0, 0.05) is 6.54 Å². The highest BCUT2D eigenvalue weighted by Crippen LogP contribution is 2.25. The molecule has 3 N–H and O–H groups in total. The number of carbonyl (C=O) groups excluding carboxylic acids is 1. The number of nitrogens with one attached hydrogen (secondary N) is 1. The van der Waals surface area contributed by atoms with Gasteiger partial charge in [-0.15, -0.1) is 5.10 Å². The van der Waals surface area contributed by atoms with E-state index >= 15 is 0 Å². The second kappa shape index (κ2) is 5.91. The van der Waals surface area contributed by atoms with Gasteiger partial charge in [-0.2, -0.15) is 0 Å². The van der Waals surface area contributed by atoms with Crippen molar-refractivity contribution in [1.29, 1.82) is 0 Å². The first kappa shape index (κ1) is 13.7. The molecule has 0 saturated heterocycles. The first-order valence-electron chi connectivity index (χ1n) is 5.19. The Kier molecular flexibility index (Phi) is 4.25. The standard InChI is InChI=1S/C9H9Cl2N7O/c10-7-6(8(11)14-4-13-7)15-9(19)5-3-18(2-1-12)17-16-5/h3-4H,1-2,12H2,(H,15,19). The molecule has 1 amide bonds. The van der Waals surface area contributed by atoms with Crippen LogP contribution < -0.4 is 11.1 Å². The van der Waals surface area contributed by atoms with Gasteiger partial charge in [0.05, 0.1) is 12.7 Å².